The van der Waals surface area contributed by atoms with Crippen LogP contribution in [0.5, 0.6) is 5.75 Å². The first-order chi connectivity index (χ1) is 9.49. The molecule has 5 nitrogen and oxygen atoms in total. The van der Waals surface area contributed by atoms with Crippen LogP contribution < -0.4 is 10.5 Å². The molecule has 1 amide bonds. The van der Waals surface area contributed by atoms with E-state index in [1.807, 2.05) is 19.0 Å². The first kappa shape index (κ1) is 16.3. The lowest BCUT2D eigenvalue weighted by molar-refractivity contribution is 0.0744. The number of nitrogen functional groups attached to an aromatic ring is 1. The number of likely N-dealkylation sites (N-methyl/N-ethyl adjacent to an activating group) is 1. The van der Waals surface area contributed by atoms with Crippen LogP contribution in [0.4, 0.5) is 5.69 Å². The first-order valence-corrected chi connectivity index (χ1v) is 6.87. The molecule has 112 valence electrons. The number of nitrogens with zero attached hydrogens (tertiary/aromatic N) is 2. The monoisotopic (exact) mass is 279 g/mol. The van der Waals surface area contributed by atoms with E-state index in [0.29, 0.717) is 23.5 Å². The van der Waals surface area contributed by atoms with Gasteiger partial charge in [0, 0.05) is 25.2 Å². The standard InChI is InChI=1S/C15H25N3O2/c1-5-8-18(10-9-17(2)3)15(19)12-6-7-13(16)14(11-12)20-4/h6-7,11H,5,8-10,16H2,1-4H3. The number of amides is 1. The Hall–Kier alpha value is -1.75. The topological polar surface area (TPSA) is 58.8 Å². The maximum absolute atomic E-state index is 12.5. The SMILES string of the molecule is CCCN(CCN(C)C)C(=O)c1ccc(N)c(OC)c1. The summed E-state index contributed by atoms with van der Waals surface area (Å²) in [5, 5.41) is 0. The molecule has 0 saturated carbocycles. The van der Waals surface area contributed by atoms with Crippen LogP contribution in [0.15, 0.2) is 18.2 Å². The van der Waals surface area contributed by atoms with Crippen LogP contribution >= 0.6 is 0 Å². The van der Waals surface area contributed by atoms with Gasteiger partial charge in [0.15, 0.2) is 0 Å². The molecule has 20 heavy (non-hydrogen) atoms. The number of hydrogen-bond acceptors (Lipinski definition) is 4. The highest BCUT2D eigenvalue weighted by atomic mass is 16.5. The second kappa shape index (κ2) is 7.75. The summed E-state index contributed by atoms with van der Waals surface area (Å²) in [6, 6.07) is 5.16. The van der Waals surface area contributed by atoms with Gasteiger partial charge >= 0.3 is 0 Å². The summed E-state index contributed by atoms with van der Waals surface area (Å²) in [4.78, 5) is 16.5. The van der Waals surface area contributed by atoms with E-state index in [4.69, 9.17) is 10.5 Å². The highest BCUT2D eigenvalue weighted by Gasteiger charge is 2.16. The minimum atomic E-state index is 0.0204. The van der Waals surface area contributed by atoms with Gasteiger partial charge in [0.1, 0.15) is 5.75 Å². The molecule has 0 bridgehead atoms. The number of carbonyl (C=O) groups excluding carboxylic acids is 1. The first-order valence-electron chi connectivity index (χ1n) is 6.87. The summed E-state index contributed by atoms with van der Waals surface area (Å²) in [7, 11) is 5.55. The van der Waals surface area contributed by atoms with Crippen molar-refractivity contribution < 1.29 is 9.53 Å². The van der Waals surface area contributed by atoms with Gasteiger partial charge < -0.3 is 20.3 Å². The minimum Gasteiger partial charge on any atom is -0.495 e. The van der Waals surface area contributed by atoms with Gasteiger partial charge in [0.2, 0.25) is 0 Å². The lowest BCUT2D eigenvalue weighted by Gasteiger charge is -2.24. The third-order valence-electron chi connectivity index (χ3n) is 3.08. The molecule has 1 aromatic rings. The van der Waals surface area contributed by atoms with E-state index in [9.17, 15) is 4.79 Å². The van der Waals surface area contributed by atoms with Crippen molar-refractivity contribution >= 4 is 11.6 Å². The predicted molar refractivity (Wildman–Crippen MR) is 82.2 cm³/mol. The number of methoxy groups -OCH3 is 1. The summed E-state index contributed by atoms with van der Waals surface area (Å²) < 4.78 is 5.17. The van der Waals surface area contributed by atoms with Gasteiger partial charge in [-0.25, -0.2) is 0 Å². The molecule has 0 fully saturated rings. The van der Waals surface area contributed by atoms with Gasteiger partial charge in [-0.3, -0.25) is 4.79 Å². The van der Waals surface area contributed by atoms with Crippen molar-refractivity contribution in [1.82, 2.24) is 9.80 Å². The molecule has 1 rings (SSSR count). The van der Waals surface area contributed by atoms with Crippen LogP contribution in [0, 0.1) is 0 Å². The highest BCUT2D eigenvalue weighted by Crippen LogP contribution is 2.23. The smallest absolute Gasteiger partial charge is 0.254 e. The van der Waals surface area contributed by atoms with E-state index in [1.165, 1.54) is 0 Å². The normalized spacial score (nSPS) is 10.7. The van der Waals surface area contributed by atoms with Gasteiger partial charge in [0.25, 0.3) is 5.91 Å². The summed E-state index contributed by atoms with van der Waals surface area (Å²) in [5.74, 6) is 0.562. The molecule has 0 saturated heterocycles. The molecule has 0 aliphatic carbocycles. The summed E-state index contributed by atoms with van der Waals surface area (Å²) in [5.41, 5.74) is 6.93. The van der Waals surface area contributed by atoms with Crippen LogP contribution in [-0.2, 0) is 0 Å². The van der Waals surface area contributed by atoms with Gasteiger partial charge in [-0.1, -0.05) is 6.92 Å². The molecule has 0 spiro atoms. The van der Waals surface area contributed by atoms with Gasteiger partial charge in [-0.15, -0.1) is 0 Å². The summed E-state index contributed by atoms with van der Waals surface area (Å²) in [6.45, 7) is 4.38. The maximum Gasteiger partial charge on any atom is 0.254 e. The molecule has 0 atom stereocenters. The Morgan fingerprint density at radius 1 is 1.25 bits per heavy atom. The van der Waals surface area contributed by atoms with Gasteiger partial charge in [-0.05, 0) is 38.7 Å². The molecule has 0 heterocycles. The number of benzene rings is 1. The van der Waals surface area contributed by atoms with Crippen molar-refractivity contribution in [3.05, 3.63) is 23.8 Å². The zero-order valence-corrected chi connectivity index (χ0v) is 12.8. The van der Waals surface area contributed by atoms with Crippen molar-refractivity contribution in [1.29, 1.82) is 0 Å². The predicted octanol–water partition coefficient (Wildman–Crippen LogP) is 1.69. The lowest BCUT2D eigenvalue weighted by Crippen LogP contribution is -2.37. The molecule has 0 unspecified atom stereocenters. The van der Waals surface area contributed by atoms with Crippen LogP contribution in [0.3, 0.4) is 0 Å². The van der Waals surface area contributed by atoms with E-state index in [1.54, 1.807) is 25.3 Å². The molecule has 5 heteroatoms. The summed E-state index contributed by atoms with van der Waals surface area (Å²) in [6.07, 6.45) is 0.936. The van der Waals surface area contributed by atoms with E-state index < -0.39 is 0 Å². The fraction of sp³-hybridized carbons (Fsp3) is 0.533. The molecule has 0 aliphatic heterocycles. The van der Waals surface area contributed by atoms with Crippen LogP contribution in [0.1, 0.15) is 23.7 Å². The van der Waals surface area contributed by atoms with Crippen LogP contribution in [0.2, 0.25) is 0 Å². The Balaban J connectivity index is 2.87. The van der Waals surface area contributed by atoms with E-state index in [0.717, 1.165) is 19.5 Å². The Labute approximate surface area is 121 Å². The third kappa shape index (κ3) is 4.42. The van der Waals surface area contributed by atoms with E-state index in [-0.39, 0.29) is 5.91 Å². The van der Waals surface area contributed by atoms with E-state index >= 15 is 0 Å². The average Bonchev–Trinajstić information content (AvgIpc) is 2.43. The largest absolute Gasteiger partial charge is 0.495 e. The number of carbonyl (C=O) groups is 1. The molecule has 0 radical (unpaired) electrons. The zero-order chi connectivity index (χ0) is 15.1. The fourth-order valence-corrected chi connectivity index (χ4v) is 1.93. The fourth-order valence-electron chi connectivity index (χ4n) is 1.93. The zero-order valence-electron chi connectivity index (χ0n) is 12.8. The number of nitrogens with two attached hydrogens (primary N) is 1. The quantitative estimate of drug-likeness (QED) is 0.772. The van der Waals surface area contributed by atoms with Crippen molar-refractivity contribution in [3.8, 4) is 5.75 Å². The number of ether oxygens (including phenoxy) is 1. The van der Waals surface area contributed by atoms with Gasteiger partial charge in [0.05, 0.1) is 12.8 Å². The molecule has 0 aromatic heterocycles. The Bertz CT molecular complexity index is 447. The van der Waals surface area contributed by atoms with E-state index in [2.05, 4.69) is 11.8 Å². The second-order valence-electron chi connectivity index (χ2n) is 5.05. The molecule has 0 aliphatic rings. The number of hydrogen-bond donors (Lipinski definition) is 1. The number of anilines is 1. The average molecular weight is 279 g/mol. The Morgan fingerprint density at radius 2 is 1.95 bits per heavy atom. The summed E-state index contributed by atoms with van der Waals surface area (Å²) >= 11 is 0. The molecule has 2 N–H and O–H groups in total. The maximum atomic E-state index is 12.5. The molecule has 1 aromatic carbocycles. The lowest BCUT2D eigenvalue weighted by atomic mass is 10.1. The highest BCUT2D eigenvalue weighted by molar-refractivity contribution is 5.95. The van der Waals surface area contributed by atoms with Gasteiger partial charge in [-0.2, -0.15) is 0 Å². The Morgan fingerprint density at radius 3 is 2.50 bits per heavy atom. The second-order valence-corrected chi connectivity index (χ2v) is 5.05. The third-order valence-corrected chi connectivity index (χ3v) is 3.08. The molecular formula is C15H25N3O2. The van der Waals surface area contributed by atoms with Crippen molar-refractivity contribution in [3.63, 3.8) is 0 Å². The van der Waals surface area contributed by atoms with Crippen LogP contribution in [0.25, 0.3) is 0 Å². The van der Waals surface area contributed by atoms with Crippen molar-refractivity contribution in [2.45, 2.75) is 13.3 Å². The number of rotatable bonds is 7. The van der Waals surface area contributed by atoms with Crippen molar-refractivity contribution in [2.75, 3.05) is 46.6 Å². The van der Waals surface area contributed by atoms with Crippen molar-refractivity contribution in [2.24, 2.45) is 0 Å². The molecular weight excluding hydrogens is 254 g/mol. The minimum absolute atomic E-state index is 0.0204. The Kier molecular flexibility index (Phi) is 6.31. The van der Waals surface area contributed by atoms with Crippen LogP contribution in [-0.4, -0.2) is 56.5 Å².